The van der Waals surface area contributed by atoms with Gasteiger partial charge in [0.2, 0.25) is 5.95 Å². The standard InChI is InChI=1S/C16H23N5/c1-3-5-11-21(13-9-7-6-8-10-13)15-12-14(18-4-2)19-16(17)20-15/h6-10,12H,3-5,11H2,1-2H3,(H3,17,18,19,20). The monoisotopic (exact) mass is 285 g/mol. The van der Waals surface area contributed by atoms with E-state index in [1.807, 2.05) is 31.2 Å². The number of nitrogen functional groups attached to an aromatic ring is 1. The van der Waals surface area contributed by atoms with E-state index in [9.17, 15) is 0 Å². The predicted octanol–water partition coefficient (Wildman–Crippen LogP) is 3.43. The van der Waals surface area contributed by atoms with Gasteiger partial charge in [-0.1, -0.05) is 31.5 Å². The molecule has 112 valence electrons. The number of hydrogen-bond acceptors (Lipinski definition) is 5. The average Bonchev–Trinajstić information content (AvgIpc) is 2.48. The van der Waals surface area contributed by atoms with Crippen molar-refractivity contribution in [1.29, 1.82) is 0 Å². The van der Waals surface area contributed by atoms with Crippen LogP contribution in [0, 0.1) is 0 Å². The molecule has 5 nitrogen and oxygen atoms in total. The van der Waals surface area contributed by atoms with E-state index in [-0.39, 0.29) is 0 Å². The van der Waals surface area contributed by atoms with Crippen LogP contribution in [0.5, 0.6) is 0 Å². The van der Waals surface area contributed by atoms with E-state index in [1.54, 1.807) is 0 Å². The van der Waals surface area contributed by atoms with Crippen LogP contribution in [0.4, 0.5) is 23.3 Å². The molecule has 0 bridgehead atoms. The third kappa shape index (κ3) is 4.08. The minimum atomic E-state index is 0.292. The number of anilines is 4. The Balaban J connectivity index is 2.36. The highest BCUT2D eigenvalue weighted by Gasteiger charge is 2.12. The van der Waals surface area contributed by atoms with E-state index < -0.39 is 0 Å². The number of nitrogens with two attached hydrogens (primary N) is 1. The Labute approximate surface area is 126 Å². The van der Waals surface area contributed by atoms with Gasteiger partial charge in [-0.3, -0.25) is 0 Å². The fourth-order valence-electron chi connectivity index (χ4n) is 2.16. The van der Waals surface area contributed by atoms with Crippen molar-refractivity contribution in [2.75, 3.05) is 29.0 Å². The van der Waals surface area contributed by atoms with Gasteiger partial charge < -0.3 is 16.0 Å². The lowest BCUT2D eigenvalue weighted by Gasteiger charge is -2.24. The van der Waals surface area contributed by atoms with Gasteiger partial charge in [0.25, 0.3) is 0 Å². The van der Waals surface area contributed by atoms with E-state index in [0.29, 0.717) is 5.95 Å². The van der Waals surface area contributed by atoms with Crippen LogP contribution < -0.4 is 16.0 Å². The van der Waals surface area contributed by atoms with Crippen LogP contribution in [0.1, 0.15) is 26.7 Å². The van der Waals surface area contributed by atoms with Crippen molar-refractivity contribution in [1.82, 2.24) is 9.97 Å². The molecule has 0 spiro atoms. The minimum absolute atomic E-state index is 0.292. The Bertz CT molecular complexity index is 556. The highest BCUT2D eigenvalue weighted by atomic mass is 15.2. The number of benzene rings is 1. The van der Waals surface area contributed by atoms with Crippen LogP contribution in [-0.2, 0) is 0 Å². The molecule has 5 heteroatoms. The van der Waals surface area contributed by atoms with Crippen LogP contribution in [0.25, 0.3) is 0 Å². The number of hydrogen-bond donors (Lipinski definition) is 2. The van der Waals surface area contributed by atoms with Crippen molar-refractivity contribution in [3.63, 3.8) is 0 Å². The van der Waals surface area contributed by atoms with Crippen LogP contribution in [0.15, 0.2) is 36.4 Å². The van der Waals surface area contributed by atoms with Gasteiger partial charge in [-0.2, -0.15) is 9.97 Å². The van der Waals surface area contributed by atoms with E-state index >= 15 is 0 Å². The maximum atomic E-state index is 5.85. The van der Waals surface area contributed by atoms with E-state index in [0.717, 1.165) is 43.3 Å². The van der Waals surface area contributed by atoms with E-state index in [1.165, 1.54) is 0 Å². The molecular formula is C16H23N5. The lowest BCUT2D eigenvalue weighted by atomic mass is 10.2. The molecule has 0 aliphatic heterocycles. The molecule has 0 atom stereocenters. The molecular weight excluding hydrogens is 262 g/mol. The number of nitrogens with one attached hydrogen (secondary N) is 1. The van der Waals surface area contributed by atoms with Crippen molar-refractivity contribution in [3.8, 4) is 0 Å². The first-order valence-electron chi connectivity index (χ1n) is 7.45. The van der Waals surface area contributed by atoms with Crippen LogP contribution in [0.3, 0.4) is 0 Å². The number of unbranched alkanes of at least 4 members (excludes halogenated alkanes) is 1. The SMILES string of the molecule is CCCCN(c1ccccc1)c1cc(NCC)nc(N)n1. The smallest absolute Gasteiger partial charge is 0.223 e. The lowest BCUT2D eigenvalue weighted by Crippen LogP contribution is -2.20. The molecule has 0 amide bonds. The first-order valence-corrected chi connectivity index (χ1v) is 7.45. The summed E-state index contributed by atoms with van der Waals surface area (Å²) in [5.41, 5.74) is 6.96. The van der Waals surface area contributed by atoms with Crippen molar-refractivity contribution < 1.29 is 0 Å². The van der Waals surface area contributed by atoms with Gasteiger partial charge in [0.1, 0.15) is 11.6 Å². The fraction of sp³-hybridized carbons (Fsp3) is 0.375. The quantitative estimate of drug-likeness (QED) is 0.815. The molecule has 1 aromatic carbocycles. The van der Waals surface area contributed by atoms with E-state index in [2.05, 4.69) is 39.2 Å². The van der Waals surface area contributed by atoms with Crippen molar-refractivity contribution >= 4 is 23.3 Å². The van der Waals surface area contributed by atoms with Crippen molar-refractivity contribution in [2.45, 2.75) is 26.7 Å². The molecule has 0 radical (unpaired) electrons. The van der Waals surface area contributed by atoms with Gasteiger partial charge >= 0.3 is 0 Å². The zero-order chi connectivity index (χ0) is 15.1. The molecule has 1 heterocycles. The second kappa shape index (κ2) is 7.47. The molecule has 21 heavy (non-hydrogen) atoms. The first-order chi connectivity index (χ1) is 10.2. The summed E-state index contributed by atoms with van der Waals surface area (Å²) in [7, 11) is 0. The Hall–Kier alpha value is -2.30. The summed E-state index contributed by atoms with van der Waals surface area (Å²) in [4.78, 5) is 10.8. The summed E-state index contributed by atoms with van der Waals surface area (Å²) in [5, 5.41) is 3.19. The zero-order valence-corrected chi connectivity index (χ0v) is 12.7. The van der Waals surface area contributed by atoms with Gasteiger partial charge in [0.15, 0.2) is 0 Å². The van der Waals surface area contributed by atoms with Crippen LogP contribution in [0.2, 0.25) is 0 Å². The third-order valence-corrected chi connectivity index (χ3v) is 3.17. The molecule has 0 fully saturated rings. The van der Waals surface area contributed by atoms with Gasteiger partial charge in [0, 0.05) is 24.8 Å². The van der Waals surface area contributed by atoms with Crippen LogP contribution in [-0.4, -0.2) is 23.1 Å². The Morgan fingerprint density at radius 3 is 2.57 bits per heavy atom. The summed E-state index contributed by atoms with van der Waals surface area (Å²) >= 11 is 0. The summed E-state index contributed by atoms with van der Waals surface area (Å²) in [6.07, 6.45) is 2.22. The van der Waals surface area contributed by atoms with Gasteiger partial charge in [-0.05, 0) is 25.5 Å². The molecule has 2 aromatic rings. The van der Waals surface area contributed by atoms with Crippen LogP contribution >= 0.6 is 0 Å². The topological polar surface area (TPSA) is 67.1 Å². The maximum absolute atomic E-state index is 5.85. The average molecular weight is 285 g/mol. The minimum Gasteiger partial charge on any atom is -0.370 e. The highest BCUT2D eigenvalue weighted by Crippen LogP contribution is 2.26. The Morgan fingerprint density at radius 2 is 1.90 bits per heavy atom. The number of nitrogens with zero attached hydrogens (tertiary/aromatic N) is 3. The fourth-order valence-corrected chi connectivity index (χ4v) is 2.16. The number of rotatable bonds is 7. The Kier molecular flexibility index (Phi) is 5.37. The summed E-state index contributed by atoms with van der Waals surface area (Å²) < 4.78 is 0. The molecule has 1 aromatic heterocycles. The second-order valence-electron chi connectivity index (χ2n) is 4.84. The zero-order valence-electron chi connectivity index (χ0n) is 12.7. The molecule has 0 unspecified atom stereocenters. The summed E-state index contributed by atoms with van der Waals surface area (Å²) in [6, 6.07) is 12.2. The second-order valence-corrected chi connectivity index (χ2v) is 4.84. The molecule has 0 saturated heterocycles. The Morgan fingerprint density at radius 1 is 1.14 bits per heavy atom. The number of aromatic nitrogens is 2. The van der Waals surface area contributed by atoms with E-state index in [4.69, 9.17) is 5.73 Å². The number of para-hydroxylation sites is 1. The molecule has 0 saturated carbocycles. The third-order valence-electron chi connectivity index (χ3n) is 3.17. The van der Waals surface area contributed by atoms with Crippen molar-refractivity contribution in [3.05, 3.63) is 36.4 Å². The van der Waals surface area contributed by atoms with Crippen molar-refractivity contribution in [2.24, 2.45) is 0 Å². The molecule has 0 aliphatic carbocycles. The highest BCUT2D eigenvalue weighted by molar-refractivity contribution is 5.63. The first kappa shape index (κ1) is 15.1. The van der Waals surface area contributed by atoms with Gasteiger partial charge in [0.05, 0.1) is 0 Å². The molecule has 2 rings (SSSR count). The lowest BCUT2D eigenvalue weighted by molar-refractivity contribution is 0.779. The van der Waals surface area contributed by atoms with Gasteiger partial charge in [-0.15, -0.1) is 0 Å². The summed E-state index contributed by atoms with van der Waals surface area (Å²) in [5.74, 6) is 1.89. The molecule has 0 aliphatic rings. The molecule has 3 N–H and O–H groups in total. The normalized spacial score (nSPS) is 10.4. The largest absolute Gasteiger partial charge is 0.370 e. The summed E-state index contributed by atoms with van der Waals surface area (Å²) in [6.45, 7) is 5.92. The van der Waals surface area contributed by atoms with Gasteiger partial charge in [-0.25, -0.2) is 0 Å². The maximum Gasteiger partial charge on any atom is 0.223 e. The predicted molar refractivity (Wildman–Crippen MR) is 89.0 cm³/mol.